The highest BCUT2D eigenvalue weighted by Crippen LogP contribution is 2.30. The minimum Gasteiger partial charge on any atom is -0.352 e. The largest absolute Gasteiger partial charge is 0.352 e. The number of anilines is 1. The molecule has 4 nitrogen and oxygen atoms in total. The summed E-state index contributed by atoms with van der Waals surface area (Å²) in [6.07, 6.45) is 0.837. The van der Waals surface area contributed by atoms with E-state index in [9.17, 15) is 4.79 Å². The number of halogens is 2. The summed E-state index contributed by atoms with van der Waals surface area (Å²) in [5, 5.41) is 2.78. The Morgan fingerprint density at radius 1 is 1.33 bits per heavy atom. The first-order valence-corrected chi connectivity index (χ1v) is 7.17. The Morgan fingerprint density at radius 3 is 2.22 bits per heavy atom. The number of rotatable bonds is 5. The Hall–Kier alpha value is -0.190. The number of amides is 1. The van der Waals surface area contributed by atoms with Crippen LogP contribution in [0.3, 0.4) is 0 Å². The van der Waals surface area contributed by atoms with Gasteiger partial charge in [0, 0.05) is 26.9 Å². The summed E-state index contributed by atoms with van der Waals surface area (Å²) in [6, 6.07) is 3.83. The van der Waals surface area contributed by atoms with Gasteiger partial charge in [0.15, 0.2) is 6.29 Å². The third-order valence-corrected chi connectivity index (χ3v) is 3.90. The Morgan fingerprint density at radius 2 is 1.83 bits per heavy atom. The van der Waals surface area contributed by atoms with Crippen LogP contribution in [-0.4, -0.2) is 20.1 Å². The summed E-state index contributed by atoms with van der Waals surface area (Å²) in [5.74, 6) is -0.228. The smallest absolute Gasteiger partial charge is 0.247 e. The van der Waals surface area contributed by atoms with E-state index >= 15 is 0 Å². The van der Waals surface area contributed by atoms with Crippen molar-refractivity contribution in [2.75, 3.05) is 19.5 Å². The van der Waals surface area contributed by atoms with Gasteiger partial charge < -0.3 is 14.8 Å². The minimum absolute atomic E-state index is 0.228. The zero-order chi connectivity index (χ0) is 13.7. The second-order valence-electron chi connectivity index (χ2n) is 3.36. The number of nitrogens with one attached hydrogen (secondary N) is 1. The summed E-state index contributed by atoms with van der Waals surface area (Å²) in [6.45, 7) is 3.43. The van der Waals surface area contributed by atoms with Gasteiger partial charge in [-0.2, -0.15) is 0 Å². The first-order valence-electron chi connectivity index (χ1n) is 5.01. The molecule has 0 heterocycles. The van der Waals surface area contributed by atoms with Gasteiger partial charge in [-0.1, -0.05) is 6.58 Å². The molecule has 1 rings (SSSR count). The molecule has 98 valence electrons. The second-order valence-corrected chi connectivity index (χ2v) is 5.68. The highest BCUT2D eigenvalue weighted by atomic mass is 127. The monoisotopic (exact) mass is 473 g/mol. The average Bonchev–Trinajstić information content (AvgIpc) is 2.35. The van der Waals surface area contributed by atoms with Crippen molar-refractivity contribution in [1.82, 2.24) is 0 Å². The SMILES string of the molecule is C=CC(=O)Nc1c(I)cc(C(OC)OC)cc1I. The standard InChI is InChI=1S/C12H13I2NO3/c1-4-10(16)15-11-8(13)5-7(6-9(11)14)12(17-2)18-3/h4-6,12H,1H2,2-3H3,(H,15,16). The predicted octanol–water partition coefficient (Wildman–Crippen LogP) is 3.31. The van der Waals surface area contributed by atoms with E-state index in [0.29, 0.717) is 0 Å². The zero-order valence-corrected chi connectivity index (χ0v) is 14.3. The molecule has 0 atom stereocenters. The van der Waals surface area contributed by atoms with E-state index in [1.807, 2.05) is 12.1 Å². The number of carbonyl (C=O) groups is 1. The Balaban J connectivity index is 3.11. The van der Waals surface area contributed by atoms with E-state index in [1.165, 1.54) is 6.08 Å². The van der Waals surface area contributed by atoms with Gasteiger partial charge in [-0.3, -0.25) is 4.79 Å². The van der Waals surface area contributed by atoms with Crippen molar-refractivity contribution in [1.29, 1.82) is 0 Å². The maximum absolute atomic E-state index is 11.3. The van der Waals surface area contributed by atoms with Crippen LogP contribution < -0.4 is 5.32 Å². The molecular weight excluding hydrogens is 460 g/mol. The molecule has 0 aliphatic rings. The van der Waals surface area contributed by atoms with Crippen molar-refractivity contribution < 1.29 is 14.3 Å². The molecule has 1 aromatic carbocycles. The fourth-order valence-electron chi connectivity index (χ4n) is 1.39. The molecule has 0 bridgehead atoms. The third-order valence-electron chi connectivity index (χ3n) is 2.20. The Labute approximate surface area is 133 Å². The van der Waals surface area contributed by atoms with Gasteiger partial charge in [-0.25, -0.2) is 0 Å². The van der Waals surface area contributed by atoms with Crippen LogP contribution in [0.15, 0.2) is 24.8 Å². The topological polar surface area (TPSA) is 47.6 Å². The van der Waals surface area contributed by atoms with Gasteiger partial charge in [-0.05, 0) is 63.4 Å². The predicted molar refractivity (Wildman–Crippen MR) is 87.5 cm³/mol. The van der Waals surface area contributed by atoms with Gasteiger partial charge >= 0.3 is 0 Å². The first-order chi connectivity index (χ1) is 8.53. The summed E-state index contributed by atoms with van der Waals surface area (Å²) in [4.78, 5) is 11.3. The lowest BCUT2D eigenvalue weighted by Gasteiger charge is -2.16. The fraction of sp³-hybridized carbons (Fsp3) is 0.250. The average molecular weight is 473 g/mol. The second kappa shape index (κ2) is 7.41. The quantitative estimate of drug-likeness (QED) is 0.406. The van der Waals surface area contributed by atoms with Gasteiger partial charge in [0.05, 0.1) is 5.69 Å². The van der Waals surface area contributed by atoms with Crippen LogP contribution in [0.2, 0.25) is 0 Å². The molecule has 0 saturated carbocycles. The minimum atomic E-state index is -0.406. The van der Waals surface area contributed by atoms with Crippen LogP contribution in [0.4, 0.5) is 5.69 Å². The lowest BCUT2D eigenvalue weighted by atomic mass is 10.2. The van der Waals surface area contributed by atoms with Crippen molar-refractivity contribution in [3.63, 3.8) is 0 Å². The molecule has 0 spiro atoms. The molecule has 1 amide bonds. The highest BCUT2D eigenvalue weighted by Gasteiger charge is 2.15. The van der Waals surface area contributed by atoms with Crippen molar-refractivity contribution in [3.8, 4) is 0 Å². The van der Waals surface area contributed by atoms with E-state index < -0.39 is 6.29 Å². The number of hydrogen-bond acceptors (Lipinski definition) is 3. The first kappa shape index (κ1) is 15.9. The van der Waals surface area contributed by atoms with E-state index in [2.05, 4.69) is 57.1 Å². The molecule has 0 unspecified atom stereocenters. The summed E-state index contributed by atoms with van der Waals surface area (Å²) >= 11 is 4.32. The van der Waals surface area contributed by atoms with Crippen LogP contribution in [0.25, 0.3) is 0 Å². The molecule has 1 aromatic rings. The van der Waals surface area contributed by atoms with Gasteiger partial charge in [0.2, 0.25) is 5.91 Å². The molecule has 0 saturated heterocycles. The van der Waals surface area contributed by atoms with Gasteiger partial charge in [0.25, 0.3) is 0 Å². The van der Waals surface area contributed by atoms with Crippen LogP contribution in [-0.2, 0) is 14.3 Å². The maximum atomic E-state index is 11.3. The Bertz CT molecular complexity index is 436. The fourth-order valence-corrected chi connectivity index (χ4v) is 3.48. The number of hydrogen-bond donors (Lipinski definition) is 1. The number of ether oxygens (including phenoxy) is 2. The molecule has 0 radical (unpaired) electrons. The lowest BCUT2D eigenvalue weighted by molar-refractivity contribution is -0.111. The molecule has 18 heavy (non-hydrogen) atoms. The Kier molecular flexibility index (Phi) is 6.53. The van der Waals surface area contributed by atoms with E-state index in [0.717, 1.165) is 18.4 Å². The molecule has 0 aliphatic heterocycles. The van der Waals surface area contributed by atoms with Crippen molar-refractivity contribution in [3.05, 3.63) is 37.5 Å². The van der Waals surface area contributed by atoms with Crippen LogP contribution >= 0.6 is 45.2 Å². The van der Waals surface area contributed by atoms with E-state index in [-0.39, 0.29) is 5.91 Å². The molecule has 0 aliphatic carbocycles. The molecule has 1 N–H and O–H groups in total. The summed E-state index contributed by atoms with van der Waals surface area (Å²) in [5.41, 5.74) is 1.68. The van der Waals surface area contributed by atoms with Crippen LogP contribution in [0, 0.1) is 7.14 Å². The number of carbonyl (C=O) groups excluding carboxylic acids is 1. The third kappa shape index (κ3) is 3.90. The zero-order valence-electron chi connectivity index (χ0n) is 10.00. The van der Waals surface area contributed by atoms with Crippen LogP contribution in [0.5, 0.6) is 0 Å². The van der Waals surface area contributed by atoms with Gasteiger partial charge in [-0.15, -0.1) is 0 Å². The lowest BCUT2D eigenvalue weighted by Crippen LogP contribution is -2.11. The molecule has 0 aromatic heterocycles. The molecular formula is C12H13I2NO3. The summed E-state index contributed by atoms with van der Waals surface area (Å²) in [7, 11) is 3.17. The maximum Gasteiger partial charge on any atom is 0.247 e. The molecule has 0 fully saturated rings. The number of benzene rings is 1. The van der Waals surface area contributed by atoms with Crippen molar-refractivity contribution in [2.24, 2.45) is 0 Å². The van der Waals surface area contributed by atoms with Crippen LogP contribution in [0.1, 0.15) is 11.9 Å². The van der Waals surface area contributed by atoms with Gasteiger partial charge in [0.1, 0.15) is 0 Å². The number of methoxy groups -OCH3 is 2. The molecule has 6 heteroatoms. The van der Waals surface area contributed by atoms with E-state index in [1.54, 1.807) is 14.2 Å². The van der Waals surface area contributed by atoms with Crippen molar-refractivity contribution >= 4 is 56.8 Å². The summed E-state index contributed by atoms with van der Waals surface area (Å²) < 4.78 is 12.3. The van der Waals surface area contributed by atoms with Crippen molar-refractivity contribution in [2.45, 2.75) is 6.29 Å². The van der Waals surface area contributed by atoms with E-state index in [4.69, 9.17) is 9.47 Å². The highest BCUT2D eigenvalue weighted by molar-refractivity contribution is 14.1. The normalized spacial score (nSPS) is 10.5.